The van der Waals surface area contributed by atoms with Crippen LogP contribution in [0.2, 0.25) is 0 Å². The number of carbonyl (C=O) groups is 3. The third kappa shape index (κ3) is 4.54. The predicted molar refractivity (Wildman–Crippen MR) is 85.5 cm³/mol. The van der Waals surface area contributed by atoms with E-state index < -0.39 is 0 Å². The van der Waals surface area contributed by atoms with Crippen molar-refractivity contribution in [2.24, 2.45) is 0 Å². The van der Waals surface area contributed by atoms with Crippen molar-refractivity contribution in [3.63, 3.8) is 0 Å². The van der Waals surface area contributed by atoms with Gasteiger partial charge in [-0.15, -0.1) is 0 Å². The first-order valence-corrected chi connectivity index (χ1v) is 7.31. The summed E-state index contributed by atoms with van der Waals surface area (Å²) >= 11 is 0. The minimum Gasteiger partial charge on any atom is -0.462 e. The predicted octanol–water partition coefficient (Wildman–Crippen LogP) is 2.51. The summed E-state index contributed by atoms with van der Waals surface area (Å²) in [5, 5.41) is 2.75. The van der Waals surface area contributed by atoms with Crippen LogP contribution >= 0.6 is 0 Å². The van der Waals surface area contributed by atoms with Gasteiger partial charge in [0.2, 0.25) is 5.91 Å². The van der Waals surface area contributed by atoms with Crippen molar-refractivity contribution in [1.82, 2.24) is 4.57 Å². The minimum atomic E-state index is -0.389. The summed E-state index contributed by atoms with van der Waals surface area (Å²) in [6, 6.07) is 9.95. The molecule has 6 heteroatoms. The maximum absolute atomic E-state index is 11.9. The van der Waals surface area contributed by atoms with Crippen LogP contribution in [0.5, 0.6) is 0 Å². The number of aldehydes is 1. The molecule has 1 amide bonds. The van der Waals surface area contributed by atoms with Gasteiger partial charge >= 0.3 is 5.97 Å². The van der Waals surface area contributed by atoms with E-state index in [1.165, 1.54) is 0 Å². The summed E-state index contributed by atoms with van der Waals surface area (Å²) in [4.78, 5) is 34.3. The third-order valence-electron chi connectivity index (χ3n) is 3.24. The van der Waals surface area contributed by atoms with Crippen LogP contribution < -0.4 is 5.32 Å². The summed E-state index contributed by atoms with van der Waals surface area (Å²) in [7, 11) is 0. The fourth-order valence-electron chi connectivity index (χ4n) is 2.09. The number of nitrogens with one attached hydrogen (secondary N) is 1. The van der Waals surface area contributed by atoms with Gasteiger partial charge in [-0.1, -0.05) is 0 Å². The number of carbonyl (C=O) groups excluding carboxylic acids is 3. The molecular formula is C17H18N2O4. The molecule has 1 heterocycles. The Morgan fingerprint density at radius 1 is 1.22 bits per heavy atom. The van der Waals surface area contributed by atoms with Gasteiger partial charge in [-0.05, 0) is 43.3 Å². The molecule has 120 valence electrons. The summed E-state index contributed by atoms with van der Waals surface area (Å²) < 4.78 is 6.61. The largest absolute Gasteiger partial charge is 0.462 e. The summed E-state index contributed by atoms with van der Waals surface area (Å²) in [6.07, 6.45) is 2.76. The molecule has 23 heavy (non-hydrogen) atoms. The zero-order chi connectivity index (χ0) is 16.7. The van der Waals surface area contributed by atoms with E-state index in [0.717, 1.165) is 6.29 Å². The first-order valence-electron chi connectivity index (χ1n) is 7.31. The Morgan fingerprint density at radius 2 is 1.96 bits per heavy atom. The molecule has 0 atom stereocenters. The smallest absolute Gasteiger partial charge is 0.338 e. The van der Waals surface area contributed by atoms with Crippen LogP contribution in [0.1, 0.15) is 34.2 Å². The lowest BCUT2D eigenvalue weighted by Gasteiger charge is -2.08. The second kappa shape index (κ2) is 7.93. The second-order valence-electron chi connectivity index (χ2n) is 4.84. The highest BCUT2D eigenvalue weighted by Crippen LogP contribution is 2.11. The molecule has 0 bridgehead atoms. The molecule has 0 aliphatic rings. The Balaban J connectivity index is 1.88. The molecule has 0 fully saturated rings. The van der Waals surface area contributed by atoms with E-state index in [2.05, 4.69) is 5.32 Å². The number of ether oxygens (including phenoxy) is 1. The van der Waals surface area contributed by atoms with Crippen LogP contribution in [0, 0.1) is 0 Å². The number of anilines is 1. The molecule has 0 aliphatic carbocycles. The zero-order valence-corrected chi connectivity index (χ0v) is 12.8. The number of hydrogen-bond donors (Lipinski definition) is 1. The van der Waals surface area contributed by atoms with Crippen molar-refractivity contribution in [3.05, 3.63) is 53.9 Å². The molecule has 1 aromatic carbocycles. The van der Waals surface area contributed by atoms with E-state index in [1.807, 2.05) is 0 Å². The second-order valence-corrected chi connectivity index (χ2v) is 4.84. The maximum Gasteiger partial charge on any atom is 0.338 e. The number of rotatable bonds is 7. The molecule has 0 radical (unpaired) electrons. The quantitative estimate of drug-likeness (QED) is 0.629. The third-order valence-corrected chi connectivity index (χ3v) is 3.24. The maximum atomic E-state index is 11.9. The average molecular weight is 314 g/mol. The lowest BCUT2D eigenvalue weighted by molar-refractivity contribution is -0.116. The highest BCUT2D eigenvalue weighted by atomic mass is 16.5. The number of nitrogens with zero attached hydrogens (tertiary/aromatic N) is 1. The Hall–Kier alpha value is -2.89. The highest BCUT2D eigenvalue weighted by Gasteiger charge is 2.08. The van der Waals surface area contributed by atoms with E-state index in [-0.39, 0.29) is 18.3 Å². The van der Waals surface area contributed by atoms with Gasteiger partial charge in [-0.25, -0.2) is 4.79 Å². The molecule has 0 saturated heterocycles. The lowest BCUT2D eigenvalue weighted by Crippen LogP contribution is -2.15. The summed E-state index contributed by atoms with van der Waals surface area (Å²) in [6.45, 7) is 2.49. The van der Waals surface area contributed by atoms with Crippen LogP contribution in [0.25, 0.3) is 0 Å². The zero-order valence-electron chi connectivity index (χ0n) is 12.8. The first kappa shape index (κ1) is 16.5. The topological polar surface area (TPSA) is 77.4 Å². The number of benzene rings is 1. The van der Waals surface area contributed by atoms with Crippen molar-refractivity contribution >= 4 is 23.9 Å². The van der Waals surface area contributed by atoms with Gasteiger partial charge in [0.05, 0.1) is 17.9 Å². The van der Waals surface area contributed by atoms with Crippen molar-refractivity contribution in [2.75, 3.05) is 11.9 Å². The van der Waals surface area contributed by atoms with E-state index in [0.29, 0.717) is 30.1 Å². The minimum absolute atomic E-state index is 0.167. The standard InChI is InChI=1S/C17H18N2O4/c1-2-23-17(22)13-5-7-14(8-6-13)18-16(21)9-11-19-10-3-4-15(19)12-20/h3-8,10,12H,2,9,11H2,1H3,(H,18,21). The van der Waals surface area contributed by atoms with Gasteiger partial charge in [0.1, 0.15) is 0 Å². The van der Waals surface area contributed by atoms with Crippen molar-refractivity contribution in [2.45, 2.75) is 19.9 Å². The van der Waals surface area contributed by atoms with E-state index in [9.17, 15) is 14.4 Å². The molecule has 0 saturated carbocycles. The Labute approximate surface area is 134 Å². The van der Waals surface area contributed by atoms with E-state index >= 15 is 0 Å². The van der Waals surface area contributed by atoms with Gasteiger partial charge in [0.15, 0.2) is 6.29 Å². The average Bonchev–Trinajstić information content (AvgIpc) is 3.01. The Bertz CT molecular complexity index is 689. The monoisotopic (exact) mass is 314 g/mol. The van der Waals surface area contributed by atoms with E-state index in [1.54, 1.807) is 54.1 Å². The van der Waals surface area contributed by atoms with Crippen molar-refractivity contribution in [3.8, 4) is 0 Å². The van der Waals surface area contributed by atoms with Gasteiger partial charge < -0.3 is 14.6 Å². The molecule has 0 unspecified atom stereocenters. The molecule has 2 aromatic rings. The highest BCUT2D eigenvalue weighted by molar-refractivity contribution is 5.93. The van der Waals surface area contributed by atoms with Gasteiger partial charge in [0.25, 0.3) is 0 Å². The van der Waals surface area contributed by atoms with Crippen LogP contribution in [0.3, 0.4) is 0 Å². The molecule has 1 aromatic heterocycles. The van der Waals surface area contributed by atoms with Crippen LogP contribution in [0.15, 0.2) is 42.6 Å². The number of amides is 1. The Kier molecular flexibility index (Phi) is 5.68. The molecule has 2 rings (SSSR count). The molecule has 0 aliphatic heterocycles. The number of hydrogen-bond acceptors (Lipinski definition) is 4. The molecule has 6 nitrogen and oxygen atoms in total. The van der Waals surface area contributed by atoms with Crippen LogP contribution in [0.4, 0.5) is 5.69 Å². The summed E-state index contributed by atoms with van der Waals surface area (Å²) in [5.74, 6) is -0.557. The van der Waals surface area contributed by atoms with Gasteiger partial charge in [-0.2, -0.15) is 0 Å². The first-order chi connectivity index (χ1) is 11.1. The molecular weight excluding hydrogens is 296 g/mol. The number of aromatic nitrogens is 1. The van der Waals surface area contributed by atoms with Gasteiger partial charge in [0, 0.05) is 24.8 Å². The molecule has 0 spiro atoms. The Morgan fingerprint density at radius 3 is 2.61 bits per heavy atom. The van der Waals surface area contributed by atoms with Gasteiger partial charge in [-0.3, -0.25) is 9.59 Å². The normalized spacial score (nSPS) is 10.1. The number of aryl methyl sites for hydroxylation is 1. The van der Waals surface area contributed by atoms with Crippen molar-refractivity contribution < 1.29 is 19.1 Å². The van der Waals surface area contributed by atoms with Crippen molar-refractivity contribution in [1.29, 1.82) is 0 Å². The summed E-state index contributed by atoms with van der Waals surface area (Å²) in [5.41, 5.74) is 1.58. The fraction of sp³-hybridized carbons (Fsp3) is 0.235. The molecule has 1 N–H and O–H groups in total. The lowest BCUT2D eigenvalue weighted by atomic mass is 10.2. The van der Waals surface area contributed by atoms with Crippen LogP contribution in [-0.4, -0.2) is 29.3 Å². The van der Waals surface area contributed by atoms with Crippen LogP contribution in [-0.2, 0) is 16.1 Å². The SMILES string of the molecule is CCOC(=O)c1ccc(NC(=O)CCn2cccc2C=O)cc1. The number of esters is 1. The fourth-order valence-corrected chi connectivity index (χ4v) is 2.09. The van der Waals surface area contributed by atoms with E-state index in [4.69, 9.17) is 4.74 Å².